The molecule has 0 amide bonds. The normalized spacial score (nSPS) is 9.81. The fourth-order valence-corrected chi connectivity index (χ4v) is 1.45. The number of aromatic nitrogens is 1. The van der Waals surface area contributed by atoms with Crippen molar-refractivity contribution in [2.24, 2.45) is 0 Å². The maximum Gasteiger partial charge on any atom is 1.00 e. The first-order valence-corrected chi connectivity index (χ1v) is 4.46. The number of carboxylic acid groups (broad SMARTS) is 1. The molecule has 4 nitrogen and oxygen atoms in total. The molecular weight excluding hydrogens is 241 g/mol. The molecule has 0 unspecified atom stereocenters. The van der Waals surface area contributed by atoms with E-state index in [1.807, 2.05) is 0 Å². The second kappa shape index (κ2) is 5.01. The molecule has 0 bridgehead atoms. The zero-order valence-corrected chi connectivity index (χ0v) is 11.2. The number of hydrogen-bond donors (Lipinski definition) is 1. The van der Waals surface area contributed by atoms with E-state index in [2.05, 4.69) is 4.98 Å². The van der Waals surface area contributed by atoms with E-state index in [4.69, 9.17) is 16.7 Å². The molecule has 0 radical (unpaired) electrons. The van der Waals surface area contributed by atoms with Gasteiger partial charge >= 0.3 is 35.5 Å². The van der Waals surface area contributed by atoms with Crippen molar-refractivity contribution in [1.29, 1.82) is 0 Å². The molecule has 2 rings (SSSR count). The summed E-state index contributed by atoms with van der Waals surface area (Å²) in [5, 5.41) is 21.0. The Labute approximate surface area is 118 Å². The minimum atomic E-state index is -1.23. The first kappa shape index (κ1) is 13.3. The van der Waals surface area contributed by atoms with Crippen LogP contribution in [-0.2, 0) is 0 Å². The van der Waals surface area contributed by atoms with Crippen LogP contribution in [-0.4, -0.2) is 16.1 Å². The smallest absolute Gasteiger partial charge is 0.872 e. The predicted molar refractivity (Wildman–Crippen MR) is 53.2 cm³/mol. The van der Waals surface area contributed by atoms with Crippen LogP contribution < -0.4 is 34.7 Å². The quantitative estimate of drug-likeness (QED) is 0.632. The van der Waals surface area contributed by atoms with Crippen LogP contribution in [0, 0.1) is 0 Å². The Morgan fingerprint density at radius 1 is 1.38 bits per heavy atom. The van der Waals surface area contributed by atoms with Crippen LogP contribution in [0.3, 0.4) is 0 Å². The van der Waals surface area contributed by atoms with Gasteiger partial charge < -0.3 is 10.2 Å². The summed E-state index contributed by atoms with van der Waals surface area (Å²) >= 11 is 5.71. The zero-order chi connectivity index (χ0) is 11.0. The number of hydrogen-bond acceptors (Lipinski definition) is 3. The number of nitrogens with zero attached hydrogens (tertiary/aromatic N) is 1. The average molecular weight is 246 g/mol. The van der Waals surface area contributed by atoms with E-state index in [0.29, 0.717) is 15.9 Å². The van der Waals surface area contributed by atoms with Crippen molar-refractivity contribution in [3.8, 4) is 5.75 Å². The minimum Gasteiger partial charge on any atom is -0.872 e. The molecule has 0 atom stereocenters. The standard InChI is InChI=1S/C10H6ClNO3.Na/c11-5-1-2-6-7(3-5)12-8(10(14)15)4-9(6)13;/h1-4H,(H,12,13)(H,14,15);/q;+1/p-1. The summed E-state index contributed by atoms with van der Waals surface area (Å²) < 4.78 is 0. The van der Waals surface area contributed by atoms with Crippen LogP contribution in [0.25, 0.3) is 10.9 Å². The number of fused-ring (bicyclic) bond motifs is 1. The number of carboxylic acids is 1. The summed E-state index contributed by atoms with van der Waals surface area (Å²) in [6.45, 7) is 0. The molecule has 2 aromatic rings. The van der Waals surface area contributed by atoms with Crippen molar-refractivity contribution in [1.82, 2.24) is 4.98 Å². The van der Waals surface area contributed by atoms with Crippen LogP contribution in [0.5, 0.6) is 5.75 Å². The Balaban J connectivity index is 0.00000128. The van der Waals surface area contributed by atoms with Gasteiger partial charge in [-0.05, 0) is 23.6 Å². The van der Waals surface area contributed by atoms with Gasteiger partial charge in [-0.3, -0.25) is 0 Å². The third kappa shape index (κ3) is 2.47. The summed E-state index contributed by atoms with van der Waals surface area (Å²) in [6, 6.07) is 5.55. The summed E-state index contributed by atoms with van der Waals surface area (Å²) in [5.74, 6) is -1.59. The summed E-state index contributed by atoms with van der Waals surface area (Å²) in [7, 11) is 0. The summed E-state index contributed by atoms with van der Waals surface area (Å²) in [5.41, 5.74) is 0.0298. The van der Waals surface area contributed by atoms with E-state index in [9.17, 15) is 9.90 Å². The maximum absolute atomic E-state index is 11.5. The molecule has 16 heavy (non-hydrogen) atoms. The van der Waals surface area contributed by atoms with E-state index < -0.39 is 5.97 Å². The first-order chi connectivity index (χ1) is 7.08. The molecule has 0 aliphatic heterocycles. The van der Waals surface area contributed by atoms with Crippen LogP contribution in [0.1, 0.15) is 10.5 Å². The Bertz CT molecular complexity index is 559. The fourth-order valence-electron chi connectivity index (χ4n) is 1.28. The van der Waals surface area contributed by atoms with Crippen molar-refractivity contribution in [3.05, 3.63) is 35.0 Å². The zero-order valence-electron chi connectivity index (χ0n) is 8.40. The van der Waals surface area contributed by atoms with Crippen LogP contribution in [0.15, 0.2) is 24.3 Å². The maximum atomic E-state index is 11.5. The SMILES string of the molecule is O=C(O)c1cc([O-])c2ccc(Cl)cc2n1.[Na+]. The molecule has 0 saturated heterocycles. The van der Waals surface area contributed by atoms with Gasteiger partial charge in [0.05, 0.1) is 5.52 Å². The molecule has 0 fully saturated rings. The first-order valence-electron chi connectivity index (χ1n) is 4.08. The van der Waals surface area contributed by atoms with Crippen molar-refractivity contribution in [2.45, 2.75) is 0 Å². The molecule has 1 aromatic carbocycles. The van der Waals surface area contributed by atoms with Crippen LogP contribution in [0.4, 0.5) is 0 Å². The summed E-state index contributed by atoms with van der Waals surface area (Å²) in [4.78, 5) is 14.5. The third-order valence-corrected chi connectivity index (χ3v) is 2.19. The topological polar surface area (TPSA) is 73.2 Å². The molecule has 0 aliphatic carbocycles. The van der Waals surface area contributed by atoms with Crippen LogP contribution >= 0.6 is 11.6 Å². The molecule has 1 heterocycles. The predicted octanol–water partition coefficient (Wildman–Crippen LogP) is -1.34. The minimum absolute atomic E-state index is 0. The number of rotatable bonds is 1. The largest absolute Gasteiger partial charge is 1.00 e. The van der Waals surface area contributed by atoms with E-state index in [1.54, 1.807) is 6.07 Å². The van der Waals surface area contributed by atoms with Gasteiger partial charge in [-0.15, -0.1) is 0 Å². The van der Waals surface area contributed by atoms with Gasteiger partial charge in [-0.25, -0.2) is 9.78 Å². The Kier molecular flexibility index (Phi) is 4.15. The number of halogens is 1. The van der Waals surface area contributed by atoms with Crippen molar-refractivity contribution < 1.29 is 44.6 Å². The van der Waals surface area contributed by atoms with Crippen molar-refractivity contribution in [2.75, 3.05) is 0 Å². The van der Waals surface area contributed by atoms with Gasteiger partial charge in [-0.1, -0.05) is 23.4 Å². The van der Waals surface area contributed by atoms with Gasteiger partial charge in [0.2, 0.25) is 0 Å². The number of benzene rings is 1. The van der Waals surface area contributed by atoms with Gasteiger partial charge in [0.1, 0.15) is 5.69 Å². The second-order valence-corrected chi connectivity index (χ2v) is 3.41. The van der Waals surface area contributed by atoms with E-state index in [-0.39, 0.29) is 41.0 Å². The monoisotopic (exact) mass is 245 g/mol. The molecular formula is C10H5ClNNaO3. The Hall–Kier alpha value is -0.810. The average Bonchev–Trinajstić information content (AvgIpc) is 2.16. The van der Waals surface area contributed by atoms with Crippen molar-refractivity contribution in [3.63, 3.8) is 0 Å². The number of aromatic carboxylic acids is 1. The third-order valence-electron chi connectivity index (χ3n) is 1.95. The van der Waals surface area contributed by atoms with Crippen molar-refractivity contribution >= 4 is 28.5 Å². The summed E-state index contributed by atoms with van der Waals surface area (Å²) in [6.07, 6.45) is 0. The molecule has 1 N–H and O–H groups in total. The van der Waals surface area contributed by atoms with Gasteiger partial charge in [-0.2, -0.15) is 0 Å². The Morgan fingerprint density at radius 2 is 2.06 bits per heavy atom. The van der Waals surface area contributed by atoms with Gasteiger partial charge in [0.25, 0.3) is 0 Å². The Morgan fingerprint density at radius 3 is 2.69 bits per heavy atom. The number of pyridine rings is 1. The molecule has 0 saturated carbocycles. The second-order valence-electron chi connectivity index (χ2n) is 2.97. The van der Waals surface area contributed by atoms with E-state index in [0.717, 1.165) is 6.07 Å². The van der Waals surface area contributed by atoms with Gasteiger partial charge in [0.15, 0.2) is 0 Å². The molecule has 0 aliphatic rings. The van der Waals surface area contributed by atoms with E-state index >= 15 is 0 Å². The van der Waals surface area contributed by atoms with E-state index in [1.165, 1.54) is 12.1 Å². The number of carbonyl (C=O) groups is 1. The molecule has 76 valence electrons. The fraction of sp³-hybridized carbons (Fsp3) is 0. The molecule has 0 spiro atoms. The molecule has 1 aromatic heterocycles. The van der Waals surface area contributed by atoms with Crippen LogP contribution in [0.2, 0.25) is 5.02 Å². The van der Waals surface area contributed by atoms with Gasteiger partial charge in [0, 0.05) is 5.02 Å². The molecule has 6 heteroatoms.